The van der Waals surface area contributed by atoms with Crippen molar-refractivity contribution in [2.75, 3.05) is 0 Å². The molecule has 0 saturated carbocycles. The molecule has 0 amide bonds. The quantitative estimate of drug-likeness (QED) is 0.897. The van der Waals surface area contributed by atoms with Crippen molar-refractivity contribution in [1.82, 2.24) is 11.1 Å². The molecule has 0 aliphatic carbocycles. The largest absolute Gasteiger partial charge is 0.344 e. The van der Waals surface area contributed by atoms with Gasteiger partial charge < -0.3 is 6.15 Å². The maximum absolute atomic E-state index is 4.14. The number of rotatable bonds is 2. The molecule has 0 aliphatic rings. The number of nitrogens with zero attached hydrogens (tertiary/aromatic N) is 1. The fraction of sp³-hybridized carbons (Fsp3) is 0.154. The number of hydrogen-bond donors (Lipinski definition) is 1. The molecule has 0 saturated heterocycles. The average Bonchev–Trinajstić information content (AvgIpc) is 2.30. The van der Waals surface area contributed by atoms with E-state index in [9.17, 15) is 0 Å². The van der Waals surface area contributed by atoms with Crippen LogP contribution >= 0.6 is 15.9 Å². The molecule has 0 spiro atoms. The summed E-state index contributed by atoms with van der Waals surface area (Å²) >= 11 is 3.44. The predicted octanol–water partition coefficient (Wildman–Crippen LogP) is 4.16. The van der Waals surface area contributed by atoms with Crippen LogP contribution in [0.1, 0.15) is 24.0 Å². The molecule has 3 heteroatoms. The molecule has 0 bridgehead atoms. The van der Waals surface area contributed by atoms with Crippen LogP contribution in [-0.2, 0) is 0 Å². The van der Waals surface area contributed by atoms with Crippen LogP contribution in [-0.4, -0.2) is 4.98 Å². The highest BCUT2D eigenvalue weighted by Crippen LogP contribution is 2.24. The van der Waals surface area contributed by atoms with Gasteiger partial charge in [0.05, 0.1) is 0 Å². The molecule has 0 aliphatic heterocycles. The maximum Gasteiger partial charge on any atom is 0.0305 e. The van der Waals surface area contributed by atoms with Crippen LogP contribution in [0.4, 0.5) is 0 Å². The van der Waals surface area contributed by atoms with Gasteiger partial charge in [-0.25, -0.2) is 0 Å². The van der Waals surface area contributed by atoms with E-state index in [0.29, 0.717) is 5.92 Å². The summed E-state index contributed by atoms with van der Waals surface area (Å²) in [6.45, 7) is 2.19. The summed E-state index contributed by atoms with van der Waals surface area (Å²) in [5, 5.41) is 0. The lowest BCUT2D eigenvalue weighted by atomic mass is 9.95. The Morgan fingerprint density at radius 3 is 2.31 bits per heavy atom. The fourth-order valence-corrected chi connectivity index (χ4v) is 1.84. The second-order valence-corrected chi connectivity index (χ2v) is 4.48. The Labute approximate surface area is 104 Å². The van der Waals surface area contributed by atoms with E-state index in [1.807, 2.05) is 12.3 Å². The van der Waals surface area contributed by atoms with E-state index < -0.39 is 0 Å². The Balaban J connectivity index is 0.00000128. The Morgan fingerprint density at radius 1 is 1.06 bits per heavy atom. The highest BCUT2D eigenvalue weighted by molar-refractivity contribution is 9.10. The van der Waals surface area contributed by atoms with Crippen molar-refractivity contribution in [2.24, 2.45) is 0 Å². The molecule has 1 unspecified atom stereocenters. The van der Waals surface area contributed by atoms with Gasteiger partial charge in [-0.15, -0.1) is 0 Å². The molecule has 1 aromatic carbocycles. The Hall–Kier alpha value is -1.19. The van der Waals surface area contributed by atoms with Crippen LogP contribution in [0.5, 0.6) is 0 Å². The van der Waals surface area contributed by atoms with Crippen molar-refractivity contribution in [1.29, 1.82) is 0 Å². The summed E-state index contributed by atoms with van der Waals surface area (Å²) in [6, 6.07) is 12.5. The van der Waals surface area contributed by atoms with Gasteiger partial charge in [0.1, 0.15) is 0 Å². The number of aromatic nitrogens is 1. The first-order chi connectivity index (χ1) is 7.27. The highest BCUT2D eigenvalue weighted by Gasteiger charge is 2.07. The molecule has 1 aromatic heterocycles. The third kappa shape index (κ3) is 2.90. The number of pyridine rings is 1. The lowest BCUT2D eigenvalue weighted by Gasteiger charge is -2.11. The molecule has 84 valence electrons. The summed E-state index contributed by atoms with van der Waals surface area (Å²) in [5.74, 6) is 0.395. The zero-order valence-corrected chi connectivity index (χ0v) is 10.8. The number of benzene rings is 1. The average molecular weight is 279 g/mol. The van der Waals surface area contributed by atoms with E-state index in [1.54, 1.807) is 6.20 Å². The molecule has 16 heavy (non-hydrogen) atoms. The van der Waals surface area contributed by atoms with Gasteiger partial charge in [0.2, 0.25) is 0 Å². The Kier molecular flexibility index (Phi) is 4.65. The zero-order valence-electron chi connectivity index (χ0n) is 9.23. The Morgan fingerprint density at radius 2 is 1.75 bits per heavy atom. The number of hydrogen-bond acceptors (Lipinski definition) is 2. The van der Waals surface area contributed by atoms with E-state index in [0.717, 1.165) is 4.47 Å². The van der Waals surface area contributed by atoms with E-state index in [-0.39, 0.29) is 6.15 Å². The first-order valence-corrected chi connectivity index (χ1v) is 5.72. The van der Waals surface area contributed by atoms with E-state index in [1.165, 1.54) is 11.1 Å². The first kappa shape index (κ1) is 12.9. The highest BCUT2D eigenvalue weighted by atomic mass is 79.9. The molecule has 3 N–H and O–H groups in total. The van der Waals surface area contributed by atoms with Gasteiger partial charge >= 0.3 is 0 Å². The van der Waals surface area contributed by atoms with Gasteiger partial charge in [0, 0.05) is 22.8 Å². The third-order valence-corrected chi connectivity index (χ3v) is 3.08. The maximum atomic E-state index is 4.14. The second-order valence-electron chi connectivity index (χ2n) is 3.56. The Bertz CT molecular complexity index is 425. The van der Waals surface area contributed by atoms with Crippen molar-refractivity contribution in [3.05, 3.63) is 64.4 Å². The molecule has 1 heterocycles. The lowest BCUT2D eigenvalue weighted by molar-refractivity contribution is 0.911. The van der Waals surface area contributed by atoms with Crippen LogP contribution in [0, 0.1) is 0 Å². The molecule has 0 radical (unpaired) electrons. The zero-order chi connectivity index (χ0) is 10.7. The standard InChI is InChI=1S/C13H12BrN.H3N/c1-10(12-3-2-8-15-9-12)11-4-6-13(14)7-5-11;/h2-10H,1H3;1H3. The molecular formula is C13H15BrN2. The minimum Gasteiger partial charge on any atom is -0.344 e. The van der Waals surface area contributed by atoms with E-state index >= 15 is 0 Å². The van der Waals surface area contributed by atoms with Crippen molar-refractivity contribution in [2.45, 2.75) is 12.8 Å². The molecular weight excluding hydrogens is 264 g/mol. The predicted molar refractivity (Wildman–Crippen MR) is 70.9 cm³/mol. The second kappa shape index (κ2) is 5.77. The summed E-state index contributed by atoms with van der Waals surface area (Å²) in [5.41, 5.74) is 2.56. The van der Waals surface area contributed by atoms with Crippen molar-refractivity contribution in [3.63, 3.8) is 0 Å². The SMILES string of the molecule is CC(c1ccc(Br)cc1)c1cccnc1.N. The van der Waals surface area contributed by atoms with E-state index in [2.05, 4.69) is 58.2 Å². The summed E-state index contributed by atoms with van der Waals surface area (Å²) in [6.07, 6.45) is 3.73. The normalized spacial score (nSPS) is 11.6. The fourth-order valence-electron chi connectivity index (χ4n) is 1.58. The number of halogens is 1. The van der Waals surface area contributed by atoms with Crippen molar-refractivity contribution < 1.29 is 0 Å². The van der Waals surface area contributed by atoms with Crippen molar-refractivity contribution >= 4 is 15.9 Å². The summed E-state index contributed by atoms with van der Waals surface area (Å²) in [4.78, 5) is 4.14. The van der Waals surface area contributed by atoms with Crippen LogP contribution < -0.4 is 6.15 Å². The molecule has 2 aromatic rings. The van der Waals surface area contributed by atoms with Gasteiger partial charge in [-0.1, -0.05) is 41.1 Å². The molecule has 2 nitrogen and oxygen atoms in total. The van der Waals surface area contributed by atoms with Gasteiger partial charge in [-0.2, -0.15) is 0 Å². The third-order valence-electron chi connectivity index (χ3n) is 2.55. The summed E-state index contributed by atoms with van der Waals surface area (Å²) < 4.78 is 1.12. The smallest absolute Gasteiger partial charge is 0.0305 e. The molecule has 2 rings (SSSR count). The van der Waals surface area contributed by atoms with E-state index in [4.69, 9.17) is 0 Å². The molecule has 1 atom stereocenters. The van der Waals surface area contributed by atoms with Crippen LogP contribution in [0.25, 0.3) is 0 Å². The van der Waals surface area contributed by atoms with Gasteiger partial charge in [-0.3, -0.25) is 4.98 Å². The van der Waals surface area contributed by atoms with Gasteiger partial charge in [0.25, 0.3) is 0 Å². The minimum absolute atomic E-state index is 0. The van der Waals surface area contributed by atoms with Crippen LogP contribution in [0.3, 0.4) is 0 Å². The van der Waals surface area contributed by atoms with Crippen LogP contribution in [0.15, 0.2) is 53.3 Å². The van der Waals surface area contributed by atoms with Gasteiger partial charge in [0.15, 0.2) is 0 Å². The first-order valence-electron chi connectivity index (χ1n) is 4.93. The van der Waals surface area contributed by atoms with Crippen molar-refractivity contribution in [3.8, 4) is 0 Å². The van der Waals surface area contributed by atoms with Crippen LogP contribution in [0.2, 0.25) is 0 Å². The summed E-state index contributed by atoms with van der Waals surface area (Å²) in [7, 11) is 0. The topological polar surface area (TPSA) is 47.9 Å². The van der Waals surface area contributed by atoms with Gasteiger partial charge in [-0.05, 0) is 29.3 Å². The lowest BCUT2D eigenvalue weighted by Crippen LogP contribution is -1.95. The monoisotopic (exact) mass is 278 g/mol. The molecule has 0 fully saturated rings. The minimum atomic E-state index is 0.